The maximum absolute atomic E-state index is 12.2. The van der Waals surface area contributed by atoms with Crippen molar-refractivity contribution in [1.29, 1.82) is 0 Å². The van der Waals surface area contributed by atoms with E-state index in [0.717, 1.165) is 32.1 Å². The number of hydrogen-bond acceptors (Lipinski definition) is 8. The van der Waals surface area contributed by atoms with Crippen LogP contribution >= 0.6 is 7.82 Å². The Labute approximate surface area is 199 Å². The van der Waals surface area contributed by atoms with Crippen molar-refractivity contribution in [3.05, 3.63) is 34.4 Å². The molecule has 2 unspecified atom stereocenters. The van der Waals surface area contributed by atoms with Gasteiger partial charge in [-0.05, 0) is 18.9 Å². The molecule has 0 fully saturated rings. The average Bonchev–Trinajstić information content (AvgIpc) is 2.73. The molecule has 194 valence electrons. The van der Waals surface area contributed by atoms with Crippen molar-refractivity contribution in [1.82, 2.24) is 0 Å². The van der Waals surface area contributed by atoms with E-state index in [4.69, 9.17) is 18.9 Å². The van der Waals surface area contributed by atoms with Crippen LogP contribution in [0.2, 0.25) is 0 Å². The fourth-order valence-corrected chi connectivity index (χ4v) is 4.02. The number of carboxylic acids is 1. The Morgan fingerprint density at radius 3 is 2.21 bits per heavy atom. The van der Waals surface area contributed by atoms with Gasteiger partial charge in [0.25, 0.3) is 0 Å². The third-order valence-corrected chi connectivity index (χ3v) is 5.93. The second-order valence-corrected chi connectivity index (χ2v) is 10.2. The first-order valence-corrected chi connectivity index (χ1v) is 12.6. The van der Waals surface area contributed by atoms with Crippen LogP contribution in [0.15, 0.2) is 24.3 Å². The van der Waals surface area contributed by atoms with E-state index < -0.39 is 37.5 Å². The van der Waals surface area contributed by atoms with Gasteiger partial charge in [-0.15, -0.1) is 0 Å². The number of rotatable bonds is 18. The summed E-state index contributed by atoms with van der Waals surface area (Å²) in [6.45, 7) is 0.324. The first-order chi connectivity index (χ1) is 15.8. The Morgan fingerprint density at radius 1 is 1.09 bits per heavy atom. The van der Waals surface area contributed by atoms with E-state index in [9.17, 15) is 29.5 Å². The van der Waals surface area contributed by atoms with Gasteiger partial charge >= 0.3 is 19.5 Å². The molecule has 0 aliphatic rings. The van der Waals surface area contributed by atoms with Crippen LogP contribution in [0, 0.1) is 10.1 Å². The molecule has 0 aromatic heterocycles. The molecule has 12 nitrogen and oxygen atoms in total. The number of hydrogen-bond donors (Lipinski definition) is 3. The van der Waals surface area contributed by atoms with E-state index in [0.29, 0.717) is 13.0 Å². The number of aliphatic hydroxyl groups excluding tert-OH is 1. The number of benzene rings is 1. The molecular weight excluding hydrogens is 471 g/mol. The number of nitro benzene ring substituents is 1. The van der Waals surface area contributed by atoms with Gasteiger partial charge in [-0.2, -0.15) is 0 Å². The molecule has 0 amide bonds. The fourth-order valence-electron chi connectivity index (χ4n) is 3.07. The number of carboxylic acid groups (broad SMARTS) is 1. The van der Waals surface area contributed by atoms with E-state index in [1.807, 2.05) is 0 Å². The van der Waals surface area contributed by atoms with E-state index >= 15 is 0 Å². The molecule has 13 heteroatoms. The molecule has 0 aliphatic carbocycles. The van der Waals surface area contributed by atoms with Gasteiger partial charge in [-0.3, -0.25) is 24.0 Å². The normalized spacial score (nSPS) is 15.3. The van der Waals surface area contributed by atoms with Crippen molar-refractivity contribution >= 4 is 19.5 Å². The van der Waals surface area contributed by atoms with Crippen molar-refractivity contribution in [2.24, 2.45) is 0 Å². The molecular formula is C21H36N2O10P+. The molecule has 0 bridgehead atoms. The Morgan fingerprint density at radius 2 is 1.65 bits per heavy atom. The summed E-state index contributed by atoms with van der Waals surface area (Å²) in [7, 11) is 0.266. The zero-order valence-corrected chi connectivity index (χ0v) is 20.8. The minimum atomic E-state index is -4.54. The van der Waals surface area contributed by atoms with Gasteiger partial charge in [0.15, 0.2) is 11.9 Å². The molecule has 3 N–H and O–H groups in total. The summed E-state index contributed by atoms with van der Waals surface area (Å²) in [6.07, 6.45) is 1.20. The highest BCUT2D eigenvalue weighted by Gasteiger charge is 2.39. The number of nitro groups is 1. The summed E-state index contributed by atoms with van der Waals surface area (Å²) in [5, 5.41) is 30.2. The van der Waals surface area contributed by atoms with Gasteiger partial charge in [-0.25, -0.2) is 4.57 Å². The summed E-state index contributed by atoms with van der Waals surface area (Å²) in [5.74, 6) is -1.02. The quantitative estimate of drug-likeness (QED) is 0.0670. The van der Waals surface area contributed by atoms with Gasteiger partial charge in [0.2, 0.25) is 6.23 Å². The average molecular weight is 507 g/mol. The highest BCUT2D eigenvalue weighted by atomic mass is 31.2. The van der Waals surface area contributed by atoms with Crippen LogP contribution in [-0.2, 0) is 18.4 Å². The molecule has 0 saturated carbocycles. The summed E-state index contributed by atoms with van der Waals surface area (Å²) in [6, 6.07) is 6.22. The zero-order valence-electron chi connectivity index (χ0n) is 19.9. The molecule has 0 saturated heterocycles. The van der Waals surface area contributed by atoms with Crippen LogP contribution in [0.5, 0.6) is 5.75 Å². The predicted octanol–water partition coefficient (Wildman–Crippen LogP) is 3.32. The van der Waals surface area contributed by atoms with Crippen molar-refractivity contribution in [2.45, 2.75) is 57.3 Å². The lowest BCUT2D eigenvalue weighted by Gasteiger charge is -2.34. The van der Waals surface area contributed by atoms with Crippen LogP contribution in [-0.4, -0.2) is 77.2 Å². The molecule has 1 aromatic rings. The summed E-state index contributed by atoms with van der Waals surface area (Å²) < 4.78 is 27.5. The Kier molecular flexibility index (Phi) is 12.6. The van der Waals surface area contributed by atoms with Gasteiger partial charge in [0.1, 0.15) is 0 Å². The number of ether oxygens (including phenoxy) is 1. The van der Waals surface area contributed by atoms with Gasteiger partial charge < -0.3 is 24.3 Å². The first-order valence-electron chi connectivity index (χ1n) is 11.1. The summed E-state index contributed by atoms with van der Waals surface area (Å²) >= 11 is 0. The van der Waals surface area contributed by atoms with E-state index in [1.165, 1.54) is 6.07 Å². The van der Waals surface area contributed by atoms with E-state index in [2.05, 4.69) is 0 Å². The molecule has 34 heavy (non-hydrogen) atoms. The standard InChI is InChI=1S/C21H35N2O10P/c1-23(2,3)21(26)19(16-20(24)25)33-34(29,30)32-15-11-7-5-4-6-10-14-31-18-13-9-8-12-17(18)22(27)28/h8-9,12-13,19,21,26H,4-7,10-11,14-16H2,1-3H3,(H-,24,25,29,30)/p+1/t19-,21?/m1/s1. The second-order valence-electron chi connectivity index (χ2n) is 8.77. The minimum absolute atomic E-state index is 0.0468. The van der Waals surface area contributed by atoms with E-state index in [1.54, 1.807) is 39.3 Å². The smallest absolute Gasteiger partial charge is 0.472 e. The van der Waals surface area contributed by atoms with Crippen LogP contribution in [0.25, 0.3) is 0 Å². The van der Waals surface area contributed by atoms with Gasteiger partial charge in [0, 0.05) is 6.07 Å². The van der Waals surface area contributed by atoms with Crippen LogP contribution in [0.1, 0.15) is 44.9 Å². The molecule has 3 atom stereocenters. The lowest BCUT2D eigenvalue weighted by molar-refractivity contribution is -0.922. The van der Waals surface area contributed by atoms with Crippen molar-refractivity contribution < 1.29 is 47.7 Å². The number of quaternary nitrogens is 1. The van der Waals surface area contributed by atoms with Gasteiger partial charge in [0.05, 0.1) is 45.7 Å². The number of likely N-dealkylation sites (N-methyl/N-ethyl adjacent to an activating group) is 1. The molecule has 1 rings (SSSR count). The van der Waals surface area contributed by atoms with Crippen LogP contribution in [0.4, 0.5) is 5.69 Å². The monoisotopic (exact) mass is 507 g/mol. The maximum atomic E-state index is 12.2. The molecule has 0 aliphatic heterocycles. The molecule has 0 spiro atoms. The van der Waals surface area contributed by atoms with Crippen molar-refractivity contribution in [3.63, 3.8) is 0 Å². The third kappa shape index (κ3) is 11.9. The number of unbranched alkanes of at least 4 members (excludes halogenated alkanes) is 5. The number of carbonyl (C=O) groups is 1. The first kappa shape index (κ1) is 30.0. The number of para-hydroxylation sites is 2. The highest BCUT2D eigenvalue weighted by molar-refractivity contribution is 7.47. The molecule has 0 heterocycles. The second kappa shape index (κ2) is 14.3. The highest BCUT2D eigenvalue weighted by Crippen LogP contribution is 2.46. The SMILES string of the molecule is C[N+](C)(C)C(O)[C@@H](CC(=O)O)OP(=O)(O)OCCCCCCCCOc1ccccc1[N+](=O)[O-]. The Bertz CT molecular complexity index is 830. The van der Waals surface area contributed by atoms with Crippen molar-refractivity contribution in [2.75, 3.05) is 34.4 Å². The Hall–Kier alpha value is -2.08. The predicted molar refractivity (Wildman–Crippen MR) is 123 cm³/mol. The van der Waals surface area contributed by atoms with Crippen LogP contribution < -0.4 is 4.74 Å². The molecule has 1 aromatic carbocycles. The lowest BCUT2D eigenvalue weighted by atomic mass is 10.1. The largest absolute Gasteiger partial charge is 0.487 e. The third-order valence-electron chi connectivity index (χ3n) is 4.88. The lowest BCUT2D eigenvalue weighted by Crippen LogP contribution is -2.52. The van der Waals surface area contributed by atoms with Crippen molar-refractivity contribution in [3.8, 4) is 5.75 Å². The minimum Gasteiger partial charge on any atom is -0.487 e. The number of phosphoric ester groups is 1. The zero-order chi connectivity index (χ0) is 25.8. The number of aliphatic hydroxyl groups is 1. The van der Waals surface area contributed by atoms with Gasteiger partial charge in [-0.1, -0.05) is 37.8 Å². The number of aliphatic carboxylic acids is 1. The molecule has 0 radical (unpaired) electrons. The van der Waals surface area contributed by atoms with E-state index in [-0.39, 0.29) is 22.5 Å². The van der Waals surface area contributed by atoms with Crippen LogP contribution in [0.3, 0.4) is 0 Å². The summed E-state index contributed by atoms with van der Waals surface area (Å²) in [5.41, 5.74) is -0.0612. The summed E-state index contributed by atoms with van der Waals surface area (Å²) in [4.78, 5) is 31.4. The topological polar surface area (TPSA) is 166 Å². The number of nitrogens with zero attached hydrogens (tertiary/aromatic N) is 2. The number of phosphoric acid groups is 1. The maximum Gasteiger partial charge on any atom is 0.472 e. The Balaban J connectivity index is 2.24. The fraction of sp³-hybridized carbons (Fsp3) is 0.667.